The molecule has 16 heavy (non-hydrogen) atoms. The van der Waals surface area contributed by atoms with Crippen LogP contribution in [-0.4, -0.2) is 19.7 Å². The Bertz CT molecular complexity index is 659. The van der Waals surface area contributed by atoms with Gasteiger partial charge in [0.25, 0.3) is 0 Å². The quantitative estimate of drug-likeness (QED) is 0.719. The average Bonchev–Trinajstić information content (AvgIpc) is 2.84. The fourth-order valence-electron chi connectivity index (χ4n) is 1.45. The summed E-state index contributed by atoms with van der Waals surface area (Å²) in [5.74, 6) is 0.882. The van der Waals surface area contributed by atoms with Crippen molar-refractivity contribution in [3.63, 3.8) is 0 Å². The lowest BCUT2D eigenvalue weighted by Gasteiger charge is -2.02. The number of nitrogens with zero attached hydrogens (tertiary/aromatic N) is 4. The number of halogens is 1. The minimum atomic E-state index is 0.233. The van der Waals surface area contributed by atoms with Gasteiger partial charge < -0.3 is 5.73 Å². The molecule has 0 amide bonds. The van der Waals surface area contributed by atoms with E-state index in [-0.39, 0.29) is 5.95 Å². The van der Waals surface area contributed by atoms with E-state index in [1.807, 2.05) is 11.4 Å². The van der Waals surface area contributed by atoms with Crippen LogP contribution >= 0.6 is 22.9 Å². The van der Waals surface area contributed by atoms with Crippen molar-refractivity contribution in [3.8, 4) is 5.82 Å². The zero-order valence-corrected chi connectivity index (χ0v) is 9.53. The van der Waals surface area contributed by atoms with Crippen molar-refractivity contribution in [1.29, 1.82) is 0 Å². The smallest absolute Gasteiger partial charge is 0.223 e. The van der Waals surface area contributed by atoms with Crippen LogP contribution in [0.2, 0.25) is 5.02 Å². The maximum atomic E-state index is 5.82. The first-order chi connectivity index (χ1) is 7.74. The first-order valence-electron chi connectivity index (χ1n) is 4.45. The van der Waals surface area contributed by atoms with Crippen molar-refractivity contribution in [2.24, 2.45) is 0 Å². The molecule has 5 nitrogen and oxygen atoms in total. The molecule has 0 atom stereocenters. The van der Waals surface area contributed by atoms with E-state index in [1.165, 1.54) is 11.3 Å². The van der Waals surface area contributed by atoms with E-state index in [0.717, 1.165) is 10.2 Å². The second-order valence-corrected chi connectivity index (χ2v) is 4.48. The van der Waals surface area contributed by atoms with E-state index in [2.05, 4.69) is 15.1 Å². The van der Waals surface area contributed by atoms with Gasteiger partial charge in [-0.25, -0.2) is 9.67 Å². The van der Waals surface area contributed by atoms with Crippen LogP contribution in [0.3, 0.4) is 0 Å². The van der Waals surface area contributed by atoms with Gasteiger partial charge in [-0.3, -0.25) is 0 Å². The lowest BCUT2D eigenvalue weighted by Crippen LogP contribution is -2.03. The molecule has 0 aliphatic carbocycles. The van der Waals surface area contributed by atoms with Crippen molar-refractivity contribution in [1.82, 2.24) is 19.7 Å². The molecule has 0 spiro atoms. The third-order valence-corrected chi connectivity index (χ3v) is 3.09. The molecule has 0 saturated carbocycles. The Kier molecular flexibility index (Phi) is 2.05. The van der Waals surface area contributed by atoms with Crippen LogP contribution in [0.4, 0.5) is 5.95 Å². The highest BCUT2D eigenvalue weighted by Crippen LogP contribution is 2.24. The Morgan fingerprint density at radius 3 is 3.00 bits per heavy atom. The van der Waals surface area contributed by atoms with Gasteiger partial charge in [-0.15, -0.1) is 11.3 Å². The van der Waals surface area contributed by atoms with Crippen LogP contribution < -0.4 is 5.73 Å². The van der Waals surface area contributed by atoms with Gasteiger partial charge in [-0.1, -0.05) is 11.6 Å². The Hall–Kier alpha value is -1.66. The molecule has 7 heteroatoms. The Balaban J connectivity index is 2.33. The van der Waals surface area contributed by atoms with Gasteiger partial charge >= 0.3 is 0 Å². The predicted molar refractivity (Wildman–Crippen MR) is 64.0 cm³/mol. The summed E-state index contributed by atoms with van der Waals surface area (Å²) in [6.07, 6.45) is 3.23. The topological polar surface area (TPSA) is 69.6 Å². The molecule has 80 valence electrons. The average molecular weight is 252 g/mol. The summed E-state index contributed by atoms with van der Waals surface area (Å²) in [6, 6.07) is 1.93. The Morgan fingerprint density at radius 1 is 1.38 bits per heavy atom. The maximum absolute atomic E-state index is 5.82. The zero-order chi connectivity index (χ0) is 11.1. The summed E-state index contributed by atoms with van der Waals surface area (Å²) in [5.41, 5.74) is 5.64. The second-order valence-electron chi connectivity index (χ2n) is 3.15. The molecule has 2 N–H and O–H groups in total. The fraction of sp³-hybridized carbons (Fsp3) is 0. The number of thiophene rings is 1. The van der Waals surface area contributed by atoms with E-state index >= 15 is 0 Å². The molecule has 0 unspecified atom stereocenters. The number of rotatable bonds is 1. The SMILES string of the molecule is Nc1nc(-n2cc(Cl)cn2)c2ccsc2n1. The number of hydrogen-bond donors (Lipinski definition) is 1. The summed E-state index contributed by atoms with van der Waals surface area (Å²) in [6.45, 7) is 0. The van der Waals surface area contributed by atoms with Gasteiger partial charge in [0, 0.05) is 0 Å². The minimum absolute atomic E-state index is 0.233. The molecule has 3 heterocycles. The van der Waals surface area contributed by atoms with E-state index in [4.69, 9.17) is 17.3 Å². The van der Waals surface area contributed by atoms with Crippen molar-refractivity contribution >= 4 is 39.1 Å². The summed E-state index contributed by atoms with van der Waals surface area (Å²) in [5, 5.41) is 7.51. The molecule has 3 aromatic heterocycles. The number of nitrogens with two attached hydrogens (primary N) is 1. The highest BCUT2D eigenvalue weighted by atomic mass is 35.5. The molecule has 0 aromatic carbocycles. The second kappa shape index (κ2) is 3.43. The minimum Gasteiger partial charge on any atom is -0.368 e. The molecule has 3 rings (SSSR count). The van der Waals surface area contributed by atoms with Crippen LogP contribution in [0.5, 0.6) is 0 Å². The summed E-state index contributed by atoms with van der Waals surface area (Å²) in [4.78, 5) is 9.15. The van der Waals surface area contributed by atoms with Gasteiger partial charge in [-0.2, -0.15) is 10.1 Å². The maximum Gasteiger partial charge on any atom is 0.223 e. The van der Waals surface area contributed by atoms with Gasteiger partial charge in [0.15, 0.2) is 5.82 Å². The predicted octanol–water partition coefficient (Wildman–Crippen LogP) is 2.11. The molecule has 0 aliphatic rings. The monoisotopic (exact) mass is 251 g/mol. The van der Waals surface area contributed by atoms with E-state index in [1.54, 1.807) is 17.1 Å². The van der Waals surface area contributed by atoms with Crippen LogP contribution in [0.25, 0.3) is 16.0 Å². The molecule has 0 fully saturated rings. The lowest BCUT2D eigenvalue weighted by atomic mass is 10.4. The van der Waals surface area contributed by atoms with Gasteiger partial charge in [-0.05, 0) is 11.4 Å². The van der Waals surface area contributed by atoms with E-state index in [9.17, 15) is 0 Å². The first-order valence-corrected chi connectivity index (χ1v) is 5.71. The van der Waals surface area contributed by atoms with Gasteiger partial charge in [0.1, 0.15) is 4.83 Å². The molecule has 0 aliphatic heterocycles. The first kappa shape index (κ1) is 9.56. The highest BCUT2D eigenvalue weighted by molar-refractivity contribution is 7.16. The van der Waals surface area contributed by atoms with Gasteiger partial charge in [0.2, 0.25) is 5.95 Å². The van der Waals surface area contributed by atoms with E-state index in [0.29, 0.717) is 10.8 Å². The van der Waals surface area contributed by atoms with E-state index < -0.39 is 0 Å². The van der Waals surface area contributed by atoms with Crippen LogP contribution in [0.15, 0.2) is 23.8 Å². The van der Waals surface area contributed by atoms with Crippen LogP contribution in [-0.2, 0) is 0 Å². The van der Waals surface area contributed by atoms with Crippen LogP contribution in [0.1, 0.15) is 0 Å². The summed E-state index contributed by atoms with van der Waals surface area (Å²) >= 11 is 7.33. The summed E-state index contributed by atoms with van der Waals surface area (Å²) in [7, 11) is 0. The highest BCUT2D eigenvalue weighted by Gasteiger charge is 2.10. The normalized spacial score (nSPS) is 11.1. The third-order valence-electron chi connectivity index (χ3n) is 2.09. The molecular weight excluding hydrogens is 246 g/mol. The van der Waals surface area contributed by atoms with Crippen molar-refractivity contribution < 1.29 is 0 Å². The fourth-order valence-corrected chi connectivity index (χ4v) is 2.35. The number of nitrogen functional groups attached to an aromatic ring is 1. The number of hydrogen-bond acceptors (Lipinski definition) is 5. The van der Waals surface area contributed by atoms with Crippen LogP contribution in [0, 0.1) is 0 Å². The Labute approximate surface area is 99.5 Å². The van der Waals surface area contributed by atoms with Crippen molar-refractivity contribution in [2.75, 3.05) is 5.73 Å². The molecule has 3 aromatic rings. The molecule has 0 saturated heterocycles. The number of aromatic nitrogens is 4. The van der Waals surface area contributed by atoms with Crippen molar-refractivity contribution in [2.45, 2.75) is 0 Å². The third kappa shape index (κ3) is 1.43. The van der Waals surface area contributed by atoms with Crippen molar-refractivity contribution in [3.05, 3.63) is 28.9 Å². The standard InChI is InChI=1S/C9H6ClN5S/c10-5-3-12-15(4-5)7-6-1-2-16-8(6)14-9(11)13-7/h1-4H,(H2,11,13,14). The lowest BCUT2D eigenvalue weighted by molar-refractivity contribution is 0.854. The summed E-state index contributed by atoms with van der Waals surface area (Å²) < 4.78 is 1.59. The number of anilines is 1. The number of fused-ring (bicyclic) bond motifs is 1. The largest absolute Gasteiger partial charge is 0.368 e. The molecule has 0 bridgehead atoms. The molecular formula is C9H6ClN5S. The van der Waals surface area contributed by atoms with Gasteiger partial charge in [0.05, 0.1) is 22.8 Å². The zero-order valence-electron chi connectivity index (χ0n) is 7.96. The Morgan fingerprint density at radius 2 is 2.25 bits per heavy atom. The molecule has 0 radical (unpaired) electrons.